The van der Waals surface area contributed by atoms with Gasteiger partial charge in [-0.3, -0.25) is 4.79 Å². The van der Waals surface area contributed by atoms with E-state index < -0.39 is 12.6 Å². The summed E-state index contributed by atoms with van der Waals surface area (Å²) in [7, 11) is 1.49. The maximum Gasteiger partial charge on any atom is 0.344 e. The molecule has 0 aliphatic heterocycles. The first-order valence-electron chi connectivity index (χ1n) is 8.88. The van der Waals surface area contributed by atoms with Crippen molar-refractivity contribution in [2.24, 2.45) is 0 Å². The maximum absolute atomic E-state index is 12.2. The van der Waals surface area contributed by atoms with E-state index in [1.807, 2.05) is 48.5 Å². The Morgan fingerprint density at radius 2 is 1.59 bits per heavy atom. The summed E-state index contributed by atoms with van der Waals surface area (Å²) >= 11 is 6.01. The largest absolute Gasteiger partial charge is 0.495 e. The van der Waals surface area contributed by atoms with Gasteiger partial charge < -0.3 is 14.2 Å². The third kappa shape index (κ3) is 5.36. The van der Waals surface area contributed by atoms with Crippen molar-refractivity contribution < 1.29 is 23.8 Å². The van der Waals surface area contributed by atoms with Crippen LogP contribution in [0.3, 0.4) is 0 Å². The first-order valence-corrected chi connectivity index (χ1v) is 9.26. The molecule has 0 aromatic heterocycles. The Hall–Kier alpha value is -3.31. The average molecular weight is 411 g/mol. The zero-order chi connectivity index (χ0) is 20.6. The second kappa shape index (κ2) is 9.75. The smallest absolute Gasteiger partial charge is 0.344 e. The van der Waals surface area contributed by atoms with Crippen molar-refractivity contribution in [1.82, 2.24) is 0 Å². The van der Waals surface area contributed by atoms with E-state index in [1.165, 1.54) is 13.2 Å². The quantitative estimate of drug-likeness (QED) is 0.393. The van der Waals surface area contributed by atoms with Crippen molar-refractivity contribution in [3.63, 3.8) is 0 Å². The van der Waals surface area contributed by atoms with Gasteiger partial charge in [-0.05, 0) is 29.8 Å². The zero-order valence-electron chi connectivity index (χ0n) is 15.8. The van der Waals surface area contributed by atoms with Crippen molar-refractivity contribution in [2.45, 2.75) is 0 Å². The van der Waals surface area contributed by atoms with Crippen LogP contribution in [-0.4, -0.2) is 32.1 Å². The van der Waals surface area contributed by atoms with Gasteiger partial charge >= 0.3 is 5.97 Å². The molecule has 0 bridgehead atoms. The van der Waals surface area contributed by atoms with E-state index in [0.29, 0.717) is 22.1 Å². The van der Waals surface area contributed by atoms with E-state index in [0.717, 1.165) is 11.1 Å². The van der Waals surface area contributed by atoms with Gasteiger partial charge in [0.2, 0.25) is 0 Å². The fourth-order valence-electron chi connectivity index (χ4n) is 2.70. The number of para-hydroxylation sites is 1. The summed E-state index contributed by atoms with van der Waals surface area (Å²) in [5.41, 5.74) is 2.17. The molecule has 29 heavy (non-hydrogen) atoms. The number of methoxy groups -OCH3 is 1. The molecule has 0 saturated carbocycles. The standard InChI is InChI=1S/C23H19ClO5/c1-27-22-12-11-17(13-19(22)24)20(25)14-29-23(26)15-28-21-10-6-5-9-18(21)16-7-3-2-4-8-16/h2-13H,14-15H2,1H3. The van der Waals surface area contributed by atoms with Gasteiger partial charge in [0.05, 0.1) is 12.1 Å². The number of ketones is 1. The first kappa shape index (κ1) is 20.4. The minimum absolute atomic E-state index is 0.305. The molecular weight excluding hydrogens is 392 g/mol. The summed E-state index contributed by atoms with van der Waals surface area (Å²) in [5, 5.41) is 0.311. The molecule has 0 radical (unpaired) electrons. The highest BCUT2D eigenvalue weighted by molar-refractivity contribution is 6.32. The Morgan fingerprint density at radius 3 is 2.31 bits per heavy atom. The number of carbonyl (C=O) groups is 2. The van der Waals surface area contributed by atoms with Gasteiger partial charge in [-0.1, -0.05) is 60.1 Å². The number of hydrogen-bond donors (Lipinski definition) is 0. The van der Waals surface area contributed by atoms with E-state index in [1.54, 1.807) is 18.2 Å². The van der Waals surface area contributed by atoms with E-state index in [-0.39, 0.29) is 12.4 Å². The molecular formula is C23H19ClO5. The minimum Gasteiger partial charge on any atom is -0.495 e. The average Bonchev–Trinajstić information content (AvgIpc) is 2.76. The van der Waals surface area contributed by atoms with Gasteiger partial charge in [-0.15, -0.1) is 0 Å². The van der Waals surface area contributed by atoms with Gasteiger partial charge in [0, 0.05) is 11.1 Å². The van der Waals surface area contributed by atoms with Crippen LogP contribution < -0.4 is 9.47 Å². The van der Waals surface area contributed by atoms with E-state index in [2.05, 4.69) is 0 Å². The second-order valence-electron chi connectivity index (χ2n) is 6.08. The minimum atomic E-state index is -0.638. The van der Waals surface area contributed by atoms with Crippen molar-refractivity contribution in [2.75, 3.05) is 20.3 Å². The van der Waals surface area contributed by atoms with Crippen molar-refractivity contribution in [3.8, 4) is 22.6 Å². The summed E-state index contributed by atoms with van der Waals surface area (Å²) in [6.45, 7) is -0.703. The van der Waals surface area contributed by atoms with Crippen LogP contribution in [0.5, 0.6) is 11.5 Å². The summed E-state index contributed by atoms with van der Waals surface area (Å²) < 4.78 is 15.7. The molecule has 0 aliphatic carbocycles. The fourth-order valence-corrected chi connectivity index (χ4v) is 2.95. The lowest BCUT2D eigenvalue weighted by Gasteiger charge is -2.11. The molecule has 0 unspecified atom stereocenters. The lowest BCUT2D eigenvalue weighted by atomic mass is 10.1. The Balaban J connectivity index is 1.56. The van der Waals surface area contributed by atoms with Gasteiger partial charge in [-0.25, -0.2) is 4.79 Å². The van der Waals surface area contributed by atoms with Gasteiger partial charge in [0.25, 0.3) is 0 Å². The molecule has 5 nitrogen and oxygen atoms in total. The predicted octanol–water partition coefficient (Wildman–Crippen LogP) is 4.82. The number of hydrogen-bond acceptors (Lipinski definition) is 5. The third-order valence-electron chi connectivity index (χ3n) is 4.16. The Bertz CT molecular complexity index is 1000. The molecule has 148 valence electrons. The molecule has 0 heterocycles. The number of carbonyl (C=O) groups excluding carboxylic acids is 2. The number of rotatable bonds is 8. The molecule has 0 amide bonds. The monoisotopic (exact) mass is 410 g/mol. The van der Waals surface area contributed by atoms with Crippen LogP contribution in [0.1, 0.15) is 10.4 Å². The van der Waals surface area contributed by atoms with Crippen LogP contribution in [0.25, 0.3) is 11.1 Å². The van der Waals surface area contributed by atoms with Crippen LogP contribution in [-0.2, 0) is 9.53 Å². The lowest BCUT2D eigenvalue weighted by Crippen LogP contribution is -2.19. The second-order valence-corrected chi connectivity index (χ2v) is 6.49. The Labute approximate surface area is 173 Å². The van der Waals surface area contributed by atoms with Gasteiger partial charge in [0.15, 0.2) is 19.0 Å². The van der Waals surface area contributed by atoms with Gasteiger partial charge in [0.1, 0.15) is 11.5 Å². The Kier molecular flexibility index (Phi) is 6.87. The molecule has 3 aromatic carbocycles. The van der Waals surface area contributed by atoms with Crippen LogP contribution in [0, 0.1) is 0 Å². The molecule has 0 saturated heterocycles. The fraction of sp³-hybridized carbons (Fsp3) is 0.130. The Morgan fingerprint density at radius 1 is 0.862 bits per heavy atom. The van der Waals surface area contributed by atoms with Crippen LogP contribution >= 0.6 is 11.6 Å². The van der Waals surface area contributed by atoms with Crippen LogP contribution in [0.4, 0.5) is 0 Å². The SMILES string of the molecule is COc1ccc(C(=O)COC(=O)COc2ccccc2-c2ccccc2)cc1Cl. The van der Waals surface area contributed by atoms with E-state index in [4.69, 9.17) is 25.8 Å². The first-order chi connectivity index (χ1) is 14.1. The number of halogens is 1. The summed E-state index contributed by atoms with van der Waals surface area (Å²) in [6, 6.07) is 21.7. The van der Waals surface area contributed by atoms with E-state index in [9.17, 15) is 9.59 Å². The molecule has 0 N–H and O–H groups in total. The highest BCUT2D eigenvalue weighted by Gasteiger charge is 2.13. The highest BCUT2D eigenvalue weighted by atomic mass is 35.5. The van der Waals surface area contributed by atoms with Gasteiger partial charge in [-0.2, -0.15) is 0 Å². The van der Waals surface area contributed by atoms with E-state index >= 15 is 0 Å². The third-order valence-corrected chi connectivity index (χ3v) is 4.45. The topological polar surface area (TPSA) is 61.8 Å². The molecule has 0 fully saturated rings. The molecule has 0 aliphatic rings. The molecule has 0 spiro atoms. The molecule has 3 rings (SSSR count). The number of benzene rings is 3. The molecule has 0 atom stereocenters. The summed E-state index contributed by atoms with van der Waals surface area (Å²) in [6.07, 6.45) is 0. The summed E-state index contributed by atoms with van der Waals surface area (Å²) in [4.78, 5) is 24.2. The van der Waals surface area contributed by atoms with Crippen molar-refractivity contribution >= 4 is 23.4 Å². The zero-order valence-corrected chi connectivity index (χ0v) is 16.5. The molecule has 6 heteroatoms. The van der Waals surface area contributed by atoms with Crippen LogP contribution in [0.15, 0.2) is 72.8 Å². The number of esters is 1. The lowest BCUT2D eigenvalue weighted by molar-refractivity contribution is -0.144. The molecule has 3 aromatic rings. The number of ether oxygens (including phenoxy) is 3. The maximum atomic E-state index is 12.2. The number of Topliss-reactive ketones (excluding diaryl/α,β-unsaturated/α-hetero) is 1. The normalized spacial score (nSPS) is 10.3. The van der Waals surface area contributed by atoms with Crippen LogP contribution in [0.2, 0.25) is 5.02 Å². The predicted molar refractivity (Wildman–Crippen MR) is 111 cm³/mol. The van der Waals surface area contributed by atoms with Crippen molar-refractivity contribution in [3.05, 3.63) is 83.4 Å². The summed E-state index contributed by atoms with van der Waals surface area (Å²) in [5.74, 6) is 0.0167. The highest BCUT2D eigenvalue weighted by Crippen LogP contribution is 2.29. The van der Waals surface area contributed by atoms with Crippen molar-refractivity contribution in [1.29, 1.82) is 0 Å².